The first-order valence-electron chi connectivity index (χ1n) is 7.82. The Hall–Kier alpha value is -1.51. The lowest BCUT2D eigenvalue weighted by atomic mass is 9.81. The Labute approximate surface area is 127 Å². The number of carbonyl (C=O) groups is 1. The summed E-state index contributed by atoms with van der Waals surface area (Å²) in [5.74, 6) is 0.955. The summed E-state index contributed by atoms with van der Waals surface area (Å²) in [6.07, 6.45) is 4.25. The Morgan fingerprint density at radius 1 is 1.14 bits per heavy atom. The Balaban J connectivity index is 2.27. The largest absolute Gasteiger partial charge is 0.488 e. The Kier molecular flexibility index (Phi) is 4.92. The number of benzene rings is 1. The van der Waals surface area contributed by atoms with Gasteiger partial charge in [-0.1, -0.05) is 24.6 Å². The molecule has 2 atom stereocenters. The molecule has 0 aromatic heterocycles. The molecule has 1 aromatic carbocycles. The third kappa shape index (κ3) is 4.48. The lowest BCUT2D eigenvalue weighted by molar-refractivity contribution is -0.148. The van der Waals surface area contributed by atoms with Crippen LogP contribution in [0.2, 0.25) is 0 Å². The van der Waals surface area contributed by atoms with E-state index in [1.165, 1.54) is 18.9 Å². The van der Waals surface area contributed by atoms with E-state index < -0.39 is 0 Å². The lowest BCUT2D eigenvalue weighted by Gasteiger charge is -2.33. The standard InChI is InChI=1S/C18H26O3/c1-13(19)20-16-11-7-5-9-14(16)15-10-6-8-12-17(15)21-18(2,3)4/h6,8,10,12,14,16H,5,7,9,11H2,1-4H3/t14-,16+/m0/s1. The van der Waals surface area contributed by atoms with Crippen molar-refractivity contribution in [1.29, 1.82) is 0 Å². The van der Waals surface area contributed by atoms with Gasteiger partial charge in [0, 0.05) is 18.4 Å². The van der Waals surface area contributed by atoms with Gasteiger partial charge in [-0.25, -0.2) is 0 Å². The average molecular weight is 290 g/mol. The van der Waals surface area contributed by atoms with E-state index in [0.717, 1.165) is 25.0 Å². The normalized spacial score (nSPS) is 22.7. The first-order valence-corrected chi connectivity index (χ1v) is 7.82. The van der Waals surface area contributed by atoms with Crippen molar-refractivity contribution in [2.45, 2.75) is 71.0 Å². The summed E-state index contributed by atoms with van der Waals surface area (Å²) in [7, 11) is 0. The molecule has 3 nitrogen and oxygen atoms in total. The highest BCUT2D eigenvalue weighted by Gasteiger charge is 2.31. The number of hydrogen-bond donors (Lipinski definition) is 0. The summed E-state index contributed by atoms with van der Waals surface area (Å²) in [6.45, 7) is 7.64. The van der Waals surface area contributed by atoms with Gasteiger partial charge >= 0.3 is 5.97 Å². The third-order valence-electron chi connectivity index (χ3n) is 3.75. The molecule has 3 heteroatoms. The van der Waals surface area contributed by atoms with Gasteiger partial charge in [0.05, 0.1) is 0 Å². The molecule has 116 valence electrons. The van der Waals surface area contributed by atoms with Crippen molar-refractivity contribution < 1.29 is 14.3 Å². The highest BCUT2D eigenvalue weighted by atomic mass is 16.5. The zero-order chi connectivity index (χ0) is 15.5. The zero-order valence-electron chi connectivity index (χ0n) is 13.5. The summed E-state index contributed by atoms with van der Waals surface area (Å²) in [6, 6.07) is 8.14. The fourth-order valence-corrected chi connectivity index (χ4v) is 3.02. The van der Waals surface area contributed by atoms with Gasteiger partial charge in [0.25, 0.3) is 0 Å². The average Bonchev–Trinajstić information content (AvgIpc) is 2.38. The van der Waals surface area contributed by atoms with Crippen LogP contribution in [0.4, 0.5) is 0 Å². The topological polar surface area (TPSA) is 35.5 Å². The molecule has 0 spiro atoms. The first-order chi connectivity index (χ1) is 9.87. The maximum Gasteiger partial charge on any atom is 0.302 e. The van der Waals surface area contributed by atoms with Gasteiger partial charge in [-0.15, -0.1) is 0 Å². The van der Waals surface area contributed by atoms with Crippen molar-refractivity contribution in [3.8, 4) is 5.75 Å². The van der Waals surface area contributed by atoms with Crippen LogP contribution >= 0.6 is 0 Å². The van der Waals surface area contributed by atoms with E-state index in [-0.39, 0.29) is 23.6 Å². The predicted octanol–water partition coefficient (Wildman–Crippen LogP) is 4.45. The molecule has 0 heterocycles. The highest BCUT2D eigenvalue weighted by Crippen LogP contribution is 2.40. The molecule has 1 aliphatic rings. The number of hydrogen-bond acceptors (Lipinski definition) is 3. The second kappa shape index (κ2) is 6.50. The van der Waals surface area contributed by atoms with Crippen LogP contribution < -0.4 is 4.74 Å². The SMILES string of the molecule is CC(=O)O[C@@H]1CCCC[C@H]1c1ccccc1OC(C)(C)C. The number of esters is 1. The molecule has 21 heavy (non-hydrogen) atoms. The molecule has 1 aliphatic carbocycles. The minimum absolute atomic E-state index is 0.0269. The van der Waals surface area contributed by atoms with E-state index in [9.17, 15) is 4.79 Å². The third-order valence-corrected chi connectivity index (χ3v) is 3.75. The molecule has 1 saturated carbocycles. The molecule has 0 amide bonds. The van der Waals surface area contributed by atoms with E-state index >= 15 is 0 Å². The van der Waals surface area contributed by atoms with Crippen LogP contribution in [0.5, 0.6) is 5.75 Å². The Morgan fingerprint density at radius 2 is 1.81 bits per heavy atom. The van der Waals surface area contributed by atoms with Gasteiger partial charge in [0.2, 0.25) is 0 Å². The molecular formula is C18H26O3. The summed E-state index contributed by atoms with van der Waals surface area (Å²) < 4.78 is 11.6. The van der Waals surface area contributed by atoms with E-state index in [1.54, 1.807) is 0 Å². The molecule has 0 aliphatic heterocycles. The maximum absolute atomic E-state index is 11.3. The Bertz CT molecular complexity index is 487. The molecule has 1 aromatic rings. The molecule has 0 radical (unpaired) electrons. The fraction of sp³-hybridized carbons (Fsp3) is 0.611. The van der Waals surface area contributed by atoms with Crippen LogP contribution in [0.1, 0.15) is 64.9 Å². The summed E-state index contributed by atoms with van der Waals surface area (Å²) >= 11 is 0. The van der Waals surface area contributed by atoms with Crippen molar-refractivity contribution in [1.82, 2.24) is 0 Å². The van der Waals surface area contributed by atoms with Crippen LogP contribution in [0.3, 0.4) is 0 Å². The highest BCUT2D eigenvalue weighted by molar-refractivity contribution is 5.66. The minimum Gasteiger partial charge on any atom is -0.488 e. The van der Waals surface area contributed by atoms with E-state index in [4.69, 9.17) is 9.47 Å². The number of para-hydroxylation sites is 1. The monoisotopic (exact) mass is 290 g/mol. The van der Waals surface area contributed by atoms with Gasteiger partial charge in [-0.2, -0.15) is 0 Å². The molecule has 0 bridgehead atoms. The summed E-state index contributed by atoms with van der Waals surface area (Å²) in [5.41, 5.74) is 0.931. The van der Waals surface area contributed by atoms with Crippen LogP contribution in [-0.2, 0) is 9.53 Å². The quantitative estimate of drug-likeness (QED) is 0.771. The smallest absolute Gasteiger partial charge is 0.302 e. The maximum atomic E-state index is 11.3. The summed E-state index contributed by atoms with van der Waals surface area (Å²) in [5, 5.41) is 0. The van der Waals surface area contributed by atoms with Crippen LogP contribution in [0.15, 0.2) is 24.3 Å². The molecular weight excluding hydrogens is 264 g/mol. The van der Waals surface area contributed by atoms with Crippen molar-refractivity contribution >= 4 is 5.97 Å². The van der Waals surface area contributed by atoms with Gasteiger partial charge in [0.1, 0.15) is 17.5 Å². The van der Waals surface area contributed by atoms with E-state index in [2.05, 4.69) is 6.07 Å². The van der Waals surface area contributed by atoms with Crippen LogP contribution in [0.25, 0.3) is 0 Å². The minimum atomic E-state index is -0.234. The van der Waals surface area contributed by atoms with Crippen molar-refractivity contribution in [3.63, 3.8) is 0 Å². The number of rotatable bonds is 3. The van der Waals surface area contributed by atoms with Crippen LogP contribution in [0, 0.1) is 0 Å². The van der Waals surface area contributed by atoms with Gasteiger partial charge in [-0.05, 0) is 46.1 Å². The van der Waals surface area contributed by atoms with Crippen molar-refractivity contribution in [2.24, 2.45) is 0 Å². The molecule has 0 saturated heterocycles. The van der Waals surface area contributed by atoms with E-state index in [0.29, 0.717) is 0 Å². The van der Waals surface area contributed by atoms with Gasteiger partial charge in [-0.3, -0.25) is 4.79 Å². The molecule has 2 rings (SSSR count). The predicted molar refractivity (Wildman–Crippen MR) is 83.6 cm³/mol. The molecule has 1 fully saturated rings. The van der Waals surface area contributed by atoms with E-state index in [1.807, 2.05) is 39.0 Å². The van der Waals surface area contributed by atoms with Crippen molar-refractivity contribution in [2.75, 3.05) is 0 Å². The number of carbonyl (C=O) groups excluding carboxylic acids is 1. The van der Waals surface area contributed by atoms with Crippen LogP contribution in [-0.4, -0.2) is 17.7 Å². The second-order valence-electron chi connectivity index (χ2n) is 6.79. The molecule has 0 N–H and O–H groups in total. The lowest BCUT2D eigenvalue weighted by Crippen LogP contribution is -2.29. The molecule has 0 unspecified atom stereocenters. The zero-order valence-corrected chi connectivity index (χ0v) is 13.5. The van der Waals surface area contributed by atoms with Gasteiger partial charge < -0.3 is 9.47 Å². The van der Waals surface area contributed by atoms with Gasteiger partial charge in [0.15, 0.2) is 0 Å². The fourth-order valence-electron chi connectivity index (χ4n) is 3.02. The first kappa shape index (κ1) is 15.9. The summed E-state index contributed by atoms with van der Waals surface area (Å²) in [4.78, 5) is 11.3. The number of ether oxygens (including phenoxy) is 2. The van der Waals surface area contributed by atoms with Crippen molar-refractivity contribution in [3.05, 3.63) is 29.8 Å². The second-order valence-corrected chi connectivity index (χ2v) is 6.79. The Morgan fingerprint density at radius 3 is 2.48 bits per heavy atom.